The second kappa shape index (κ2) is 6.41. The third-order valence-corrected chi connectivity index (χ3v) is 3.87. The summed E-state index contributed by atoms with van der Waals surface area (Å²) in [5.41, 5.74) is 0.639. The third kappa shape index (κ3) is 3.43. The largest absolute Gasteiger partial charge is 0.455 e. The van der Waals surface area contributed by atoms with Crippen LogP contribution in [0.1, 0.15) is 16.1 Å². The highest BCUT2D eigenvalue weighted by molar-refractivity contribution is 7.13. The molecular weight excluding hydrogens is 320 g/mol. The van der Waals surface area contributed by atoms with Crippen LogP contribution in [0.15, 0.2) is 52.4 Å². The molecule has 0 N–H and O–H groups in total. The van der Waals surface area contributed by atoms with E-state index in [-0.39, 0.29) is 17.9 Å². The van der Waals surface area contributed by atoms with E-state index in [0.717, 1.165) is 4.88 Å². The van der Waals surface area contributed by atoms with Gasteiger partial charge in [-0.1, -0.05) is 11.2 Å². The van der Waals surface area contributed by atoms with Gasteiger partial charge in [0.1, 0.15) is 12.3 Å². The van der Waals surface area contributed by atoms with Gasteiger partial charge in [-0.2, -0.15) is 0 Å². The van der Waals surface area contributed by atoms with Crippen LogP contribution in [-0.4, -0.2) is 16.0 Å². The Morgan fingerprint density at radius 2 is 2.09 bits per heavy atom. The van der Waals surface area contributed by atoms with Crippen molar-refractivity contribution in [3.05, 3.63) is 69.2 Å². The molecule has 0 spiro atoms. The maximum absolute atomic E-state index is 11.9. The first kappa shape index (κ1) is 14.9. The summed E-state index contributed by atoms with van der Waals surface area (Å²) in [6, 6.07) is 10.7. The fourth-order valence-electron chi connectivity index (χ4n) is 1.86. The molecule has 116 valence electrons. The molecule has 2 heterocycles. The lowest BCUT2D eigenvalue weighted by molar-refractivity contribution is -0.384. The number of hydrogen-bond acceptors (Lipinski definition) is 7. The van der Waals surface area contributed by atoms with Crippen molar-refractivity contribution in [2.75, 3.05) is 0 Å². The number of carbonyl (C=O) groups excluding carboxylic acids is 1. The van der Waals surface area contributed by atoms with E-state index in [1.165, 1.54) is 35.6 Å². The molecule has 0 fully saturated rings. The van der Waals surface area contributed by atoms with Crippen LogP contribution in [-0.2, 0) is 11.3 Å². The van der Waals surface area contributed by atoms with E-state index in [1.807, 2.05) is 17.5 Å². The maximum atomic E-state index is 11.9. The number of ether oxygens (including phenoxy) is 1. The Kier molecular flexibility index (Phi) is 4.15. The summed E-state index contributed by atoms with van der Waals surface area (Å²) in [6.07, 6.45) is 0. The van der Waals surface area contributed by atoms with E-state index in [0.29, 0.717) is 11.5 Å². The summed E-state index contributed by atoms with van der Waals surface area (Å²) < 4.78 is 10.3. The number of carbonyl (C=O) groups is 1. The first-order valence-electron chi connectivity index (χ1n) is 6.54. The van der Waals surface area contributed by atoms with Gasteiger partial charge in [0.2, 0.25) is 0 Å². The summed E-state index contributed by atoms with van der Waals surface area (Å²) in [5, 5.41) is 16.3. The maximum Gasteiger partial charge on any atom is 0.338 e. The zero-order chi connectivity index (χ0) is 16.2. The van der Waals surface area contributed by atoms with Gasteiger partial charge in [0.05, 0.1) is 15.4 Å². The fourth-order valence-corrected chi connectivity index (χ4v) is 2.53. The van der Waals surface area contributed by atoms with Crippen molar-refractivity contribution in [2.45, 2.75) is 6.61 Å². The topological polar surface area (TPSA) is 95.5 Å². The summed E-state index contributed by atoms with van der Waals surface area (Å²) in [5.74, 6) is 0.0296. The number of rotatable bonds is 5. The SMILES string of the molecule is O=C(OCc1cc(-c2cccs2)on1)c1ccc([N+](=O)[O-])cc1. The predicted molar refractivity (Wildman–Crippen MR) is 82.0 cm³/mol. The van der Waals surface area contributed by atoms with Gasteiger partial charge >= 0.3 is 5.97 Å². The molecule has 0 unspecified atom stereocenters. The molecule has 23 heavy (non-hydrogen) atoms. The van der Waals surface area contributed by atoms with Crippen LogP contribution in [0.5, 0.6) is 0 Å². The van der Waals surface area contributed by atoms with Gasteiger partial charge in [0.25, 0.3) is 5.69 Å². The average Bonchev–Trinajstić information content (AvgIpc) is 3.23. The first-order chi connectivity index (χ1) is 11.1. The minimum absolute atomic E-state index is 0.0370. The van der Waals surface area contributed by atoms with Crippen molar-refractivity contribution >= 4 is 23.0 Å². The van der Waals surface area contributed by atoms with Crippen LogP contribution in [0.2, 0.25) is 0 Å². The average molecular weight is 330 g/mol. The molecule has 0 atom stereocenters. The Hall–Kier alpha value is -3.00. The van der Waals surface area contributed by atoms with E-state index >= 15 is 0 Å². The molecule has 0 aliphatic heterocycles. The van der Waals surface area contributed by atoms with Gasteiger partial charge in [-0.25, -0.2) is 4.79 Å². The zero-order valence-electron chi connectivity index (χ0n) is 11.7. The highest BCUT2D eigenvalue weighted by atomic mass is 32.1. The second-order valence-electron chi connectivity index (χ2n) is 4.54. The van der Waals surface area contributed by atoms with Crippen molar-refractivity contribution in [2.24, 2.45) is 0 Å². The summed E-state index contributed by atoms with van der Waals surface area (Å²) in [6.45, 7) is -0.0370. The van der Waals surface area contributed by atoms with Gasteiger partial charge in [0.15, 0.2) is 5.76 Å². The lowest BCUT2D eigenvalue weighted by atomic mass is 10.2. The predicted octanol–water partition coefficient (Wildman–Crippen LogP) is 3.67. The van der Waals surface area contributed by atoms with Crippen molar-refractivity contribution in [1.82, 2.24) is 5.16 Å². The number of benzene rings is 1. The normalized spacial score (nSPS) is 10.4. The molecule has 7 nitrogen and oxygen atoms in total. The monoisotopic (exact) mass is 330 g/mol. The zero-order valence-corrected chi connectivity index (χ0v) is 12.5. The number of aromatic nitrogens is 1. The van der Waals surface area contributed by atoms with E-state index < -0.39 is 10.9 Å². The fraction of sp³-hybridized carbons (Fsp3) is 0.0667. The lowest BCUT2D eigenvalue weighted by Crippen LogP contribution is -2.05. The molecule has 1 aromatic carbocycles. The van der Waals surface area contributed by atoms with Crippen molar-refractivity contribution in [3.8, 4) is 10.6 Å². The number of nitrogens with zero attached hydrogens (tertiary/aromatic N) is 2. The number of hydrogen-bond donors (Lipinski definition) is 0. The molecule has 0 aliphatic carbocycles. The quantitative estimate of drug-likeness (QED) is 0.402. The Morgan fingerprint density at radius 3 is 2.74 bits per heavy atom. The molecule has 0 bridgehead atoms. The van der Waals surface area contributed by atoms with Crippen LogP contribution in [0.25, 0.3) is 10.6 Å². The highest BCUT2D eigenvalue weighted by Crippen LogP contribution is 2.25. The number of non-ortho nitro benzene ring substituents is 1. The Balaban J connectivity index is 1.61. The van der Waals surface area contributed by atoms with Crippen LogP contribution >= 0.6 is 11.3 Å². The first-order valence-corrected chi connectivity index (χ1v) is 7.42. The van der Waals surface area contributed by atoms with Gasteiger partial charge in [-0.05, 0) is 23.6 Å². The van der Waals surface area contributed by atoms with Crippen LogP contribution in [0, 0.1) is 10.1 Å². The van der Waals surface area contributed by atoms with E-state index in [4.69, 9.17) is 9.26 Å². The second-order valence-corrected chi connectivity index (χ2v) is 5.49. The Bertz CT molecular complexity index is 824. The highest BCUT2D eigenvalue weighted by Gasteiger charge is 2.13. The molecular formula is C15H10N2O5S. The molecule has 2 aromatic heterocycles. The third-order valence-electron chi connectivity index (χ3n) is 2.99. The van der Waals surface area contributed by atoms with Crippen molar-refractivity contribution < 1.29 is 19.0 Å². The minimum Gasteiger partial charge on any atom is -0.455 e. The van der Waals surface area contributed by atoms with Crippen LogP contribution in [0.4, 0.5) is 5.69 Å². The van der Waals surface area contributed by atoms with Crippen molar-refractivity contribution in [3.63, 3.8) is 0 Å². The van der Waals surface area contributed by atoms with E-state index in [1.54, 1.807) is 6.07 Å². The molecule has 0 saturated heterocycles. The van der Waals surface area contributed by atoms with Gasteiger partial charge in [0, 0.05) is 18.2 Å². The van der Waals surface area contributed by atoms with Crippen LogP contribution < -0.4 is 0 Å². The van der Waals surface area contributed by atoms with Crippen LogP contribution in [0.3, 0.4) is 0 Å². The molecule has 0 amide bonds. The Morgan fingerprint density at radius 1 is 1.30 bits per heavy atom. The molecule has 3 rings (SSSR count). The van der Waals surface area contributed by atoms with E-state index in [2.05, 4.69) is 5.16 Å². The molecule has 0 saturated carbocycles. The number of esters is 1. The molecule has 3 aromatic rings. The smallest absolute Gasteiger partial charge is 0.338 e. The summed E-state index contributed by atoms with van der Waals surface area (Å²) >= 11 is 1.52. The molecule has 0 aliphatic rings. The van der Waals surface area contributed by atoms with Gasteiger partial charge in [-0.3, -0.25) is 10.1 Å². The number of nitro groups is 1. The Labute approximate surface area is 134 Å². The van der Waals surface area contributed by atoms with Gasteiger partial charge in [-0.15, -0.1) is 11.3 Å². The number of nitro benzene ring substituents is 1. The molecule has 0 radical (unpaired) electrons. The lowest BCUT2D eigenvalue weighted by Gasteiger charge is -2.01. The minimum atomic E-state index is -0.583. The van der Waals surface area contributed by atoms with Gasteiger partial charge < -0.3 is 9.26 Å². The standard InChI is InChI=1S/C15H10N2O5S/c18-15(10-3-5-12(6-4-10)17(19)20)21-9-11-8-13(22-16-11)14-2-1-7-23-14/h1-8H,9H2. The summed E-state index contributed by atoms with van der Waals surface area (Å²) in [7, 11) is 0. The number of thiophene rings is 1. The van der Waals surface area contributed by atoms with Crippen molar-refractivity contribution in [1.29, 1.82) is 0 Å². The summed E-state index contributed by atoms with van der Waals surface area (Å²) in [4.78, 5) is 22.9. The van der Waals surface area contributed by atoms with E-state index in [9.17, 15) is 14.9 Å². The molecule has 8 heteroatoms.